The van der Waals surface area contributed by atoms with E-state index < -0.39 is 4.92 Å². The molecule has 0 aliphatic carbocycles. The number of rotatable bonds is 1. The molecule has 6 heteroatoms. The fourth-order valence-electron chi connectivity index (χ4n) is 1.34. The van der Waals surface area contributed by atoms with Crippen LogP contribution in [-0.4, -0.2) is 16.9 Å². The Labute approximate surface area is 85.5 Å². The average molecular weight is 207 g/mol. The zero-order chi connectivity index (χ0) is 11.0. The highest BCUT2D eigenvalue weighted by Crippen LogP contribution is 2.39. The molecular weight excluding hydrogens is 198 g/mol. The third kappa shape index (κ3) is 1.50. The molecule has 0 fully saturated rings. The topological polar surface area (TPSA) is 90.8 Å². The van der Waals surface area contributed by atoms with E-state index in [9.17, 15) is 10.1 Å². The number of nitrogens with zero attached hydrogens (tertiary/aromatic N) is 2. The SMILES string of the molecule is CC1Oc2cccc([N+](=O)[O-])c2N=C1N. The van der Waals surface area contributed by atoms with Gasteiger partial charge in [-0.1, -0.05) is 6.07 Å². The fraction of sp³-hybridized carbons (Fsp3) is 0.222. The Balaban J connectivity index is 2.60. The number of fused-ring (bicyclic) bond motifs is 1. The second kappa shape index (κ2) is 3.23. The van der Waals surface area contributed by atoms with Gasteiger partial charge in [-0.3, -0.25) is 10.1 Å². The Kier molecular flexibility index (Phi) is 2.03. The van der Waals surface area contributed by atoms with Crippen molar-refractivity contribution in [3.05, 3.63) is 28.3 Å². The van der Waals surface area contributed by atoms with Crippen LogP contribution < -0.4 is 10.5 Å². The third-order valence-electron chi connectivity index (χ3n) is 2.14. The molecule has 1 aliphatic rings. The van der Waals surface area contributed by atoms with Crippen molar-refractivity contribution in [3.8, 4) is 5.75 Å². The van der Waals surface area contributed by atoms with Crippen molar-refractivity contribution in [2.45, 2.75) is 13.0 Å². The van der Waals surface area contributed by atoms with Gasteiger partial charge in [-0.2, -0.15) is 0 Å². The van der Waals surface area contributed by atoms with Crippen LogP contribution in [0.3, 0.4) is 0 Å². The molecule has 1 unspecified atom stereocenters. The van der Waals surface area contributed by atoms with E-state index >= 15 is 0 Å². The number of hydrogen-bond acceptors (Lipinski definition) is 5. The molecule has 0 saturated carbocycles. The highest BCUT2D eigenvalue weighted by molar-refractivity contribution is 5.91. The number of amidine groups is 1. The lowest BCUT2D eigenvalue weighted by atomic mass is 10.2. The minimum absolute atomic E-state index is 0.0950. The van der Waals surface area contributed by atoms with Crippen LogP contribution in [0.5, 0.6) is 5.75 Å². The Bertz CT molecular complexity index is 456. The Morgan fingerprint density at radius 3 is 3.00 bits per heavy atom. The summed E-state index contributed by atoms with van der Waals surface area (Å²) in [5.74, 6) is 0.641. The van der Waals surface area contributed by atoms with Gasteiger partial charge in [0.1, 0.15) is 5.84 Å². The van der Waals surface area contributed by atoms with E-state index in [0.717, 1.165) is 0 Å². The maximum atomic E-state index is 10.7. The molecule has 1 aromatic rings. The molecule has 0 spiro atoms. The van der Waals surface area contributed by atoms with Crippen molar-refractivity contribution in [2.24, 2.45) is 10.7 Å². The predicted molar refractivity (Wildman–Crippen MR) is 54.5 cm³/mol. The molecule has 0 bridgehead atoms. The fourth-order valence-corrected chi connectivity index (χ4v) is 1.34. The van der Waals surface area contributed by atoms with E-state index in [2.05, 4.69) is 4.99 Å². The van der Waals surface area contributed by atoms with Crippen LogP contribution in [0.25, 0.3) is 0 Å². The van der Waals surface area contributed by atoms with Gasteiger partial charge >= 0.3 is 0 Å². The molecule has 0 saturated heterocycles. The number of nitro benzene ring substituents is 1. The lowest BCUT2D eigenvalue weighted by molar-refractivity contribution is -0.384. The summed E-state index contributed by atoms with van der Waals surface area (Å²) < 4.78 is 5.37. The first kappa shape index (κ1) is 9.45. The van der Waals surface area contributed by atoms with Crippen molar-refractivity contribution >= 4 is 17.2 Å². The number of aliphatic imine (C=N–C) groups is 1. The van der Waals surface area contributed by atoms with E-state index in [1.54, 1.807) is 19.1 Å². The summed E-state index contributed by atoms with van der Waals surface area (Å²) in [4.78, 5) is 14.2. The Morgan fingerprint density at radius 1 is 1.60 bits per heavy atom. The Morgan fingerprint density at radius 2 is 2.33 bits per heavy atom. The smallest absolute Gasteiger partial charge is 0.298 e. The van der Waals surface area contributed by atoms with Crippen LogP contribution in [-0.2, 0) is 0 Å². The number of nitro groups is 1. The van der Waals surface area contributed by atoms with Gasteiger partial charge in [0.2, 0.25) is 0 Å². The number of ether oxygens (including phenoxy) is 1. The molecule has 0 radical (unpaired) electrons. The predicted octanol–water partition coefficient (Wildman–Crippen LogP) is 1.36. The summed E-state index contributed by atoms with van der Waals surface area (Å²) in [6.07, 6.45) is -0.348. The minimum atomic E-state index is -0.505. The van der Waals surface area contributed by atoms with Gasteiger partial charge in [-0.15, -0.1) is 0 Å². The summed E-state index contributed by atoms with van der Waals surface area (Å²) in [6.45, 7) is 1.74. The molecule has 1 aromatic carbocycles. The molecule has 78 valence electrons. The first-order valence-electron chi connectivity index (χ1n) is 4.37. The molecule has 0 aromatic heterocycles. The molecule has 1 aliphatic heterocycles. The molecule has 1 atom stereocenters. The van der Waals surface area contributed by atoms with Crippen LogP contribution in [0, 0.1) is 10.1 Å². The highest BCUT2D eigenvalue weighted by Gasteiger charge is 2.25. The maximum absolute atomic E-state index is 10.7. The van der Waals surface area contributed by atoms with Crippen molar-refractivity contribution < 1.29 is 9.66 Å². The summed E-state index contributed by atoms with van der Waals surface area (Å²) >= 11 is 0. The van der Waals surface area contributed by atoms with Gasteiger partial charge < -0.3 is 10.5 Å². The molecule has 6 nitrogen and oxygen atoms in total. The van der Waals surface area contributed by atoms with Crippen LogP contribution in [0.2, 0.25) is 0 Å². The van der Waals surface area contributed by atoms with Crippen LogP contribution >= 0.6 is 0 Å². The first-order valence-corrected chi connectivity index (χ1v) is 4.37. The van der Waals surface area contributed by atoms with E-state index in [1.165, 1.54) is 6.07 Å². The molecule has 15 heavy (non-hydrogen) atoms. The summed E-state index contributed by atoms with van der Waals surface area (Å²) in [6, 6.07) is 4.56. The number of para-hydroxylation sites is 1. The standard InChI is InChI=1S/C9H9N3O3/c1-5-9(10)11-8-6(12(13)14)3-2-4-7(8)15-5/h2-5H,1H3,(H2,10,11). The third-order valence-corrected chi connectivity index (χ3v) is 2.14. The zero-order valence-corrected chi connectivity index (χ0v) is 8.01. The zero-order valence-electron chi connectivity index (χ0n) is 8.01. The second-order valence-electron chi connectivity index (χ2n) is 3.18. The van der Waals surface area contributed by atoms with E-state index in [4.69, 9.17) is 10.5 Å². The minimum Gasteiger partial charge on any atom is -0.480 e. The quantitative estimate of drug-likeness (QED) is 0.556. The van der Waals surface area contributed by atoms with Crippen molar-refractivity contribution in [1.29, 1.82) is 0 Å². The first-order chi connectivity index (χ1) is 7.09. The highest BCUT2D eigenvalue weighted by atomic mass is 16.6. The van der Waals surface area contributed by atoms with Crippen LogP contribution in [0.15, 0.2) is 23.2 Å². The van der Waals surface area contributed by atoms with Crippen LogP contribution in [0.4, 0.5) is 11.4 Å². The van der Waals surface area contributed by atoms with Gasteiger partial charge in [0.25, 0.3) is 5.69 Å². The Hall–Kier alpha value is -2.11. The van der Waals surface area contributed by atoms with Gasteiger partial charge in [0, 0.05) is 6.07 Å². The van der Waals surface area contributed by atoms with E-state index in [1.807, 2.05) is 0 Å². The van der Waals surface area contributed by atoms with Gasteiger partial charge in [-0.25, -0.2) is 4.99 Å². The lowest BCUT2D eigenvalue weighted by Crippen LogP contribution is -2.33. The van der Waals surface area contributed by atoms with Gasteiger partial charge in [0.15, 0.2) is 17.5 Å². The van der Waals surface area contributed by atoms with E-state index in [0.29, 0.717) is 5.75 Å². The van der Waals surface area contributed by atoms with Crippen molar-refractivity contribution in [2.75, 3.05) is 0 Å². The summed E-state index contributed by atoms with van der Waals surface area (Å²) in [5.41, 5.74) is 5.66. The second-order valence-corrected chi connectivity index (χ2v) is 3.18. The molecular formula is C9H9N3O3. The van der Waals surface area contributed by atoms with Crippen LogP contribution in [0.1, 0.15) is 6.92 Å². The molecule has 0 amide bonds. The van der Waals surface area contributed by atoms with Crippen molar-refractivity contribution in [3.63, 3.8) is 0 Å². The molecule has 2 rings (SSSR count). The summed E-state index contributed by atoms with van der Waals surface area (Å²) in [5, 5.41) is 10.7. The van der Waals surface area contributed by atoms with Gasteiger partial charge in [-0.05, 0) is 13.0 Å². The monoisotopic (exact) mass is 207 g/mol. The van der Waals surface area contributed by atoms with Gasteiger partial charge in [0.05, 0.1) is 4.92 Å². The largest absolute Gasteiger partial charge is 0.480 e. The summed E-state index contributed by atoms with van der Waals surface area (Å²) in [7, 11) is 0. The number of nitrogens with two attached hydrogens (primary N) is 1. The number of benzene rings is 1. The molecule has 1 heterocycles. The number of hydrogen-bond donors (Lipinski definition) is 1. The molecule has 2 N–H and O–H groups in total. The van der Waals surface area contributed by atoms with E-state index in [-0.39, 0.29) is 23.3 Å². The van der Waals surface area contributed by atoms with Crippen molar-refractivity contribution in [1.82, 2.24) is 0 Å². The average Bonchev–Trinajstić information content (AvgIpc) is 2.18. The lowest BCUT2D eigenvalue weighted by Gasteiger charge is -2.20. The normalized spacial score (nSPS) is 18.7. The maximum Gasteiger partial charge on any atom is 0.298 e.